The molecule has 1 heterocycles. The molecule has 3 nitrogen and oxygen atoms in total. The number of aromatic nitrogens is 1. The Hall–Kier alpha value is -1.77. The second-order valence-corrected chi connectivity index (χ2v) is 5.94. The van der Waals surface area contributed by atoms with E-state index in [0.29, 0.717) is 12.0 Å². The van der Waals surface area contributed by atoms with Crippen LogP contribution in [0.3, 0.4) is 0 Å². The molecule has 1 aliphatic carbocycles. The van der Waals surface area contributed by atoms with Crippen molar-refractivity contribution in [2.75, 3.05) is 0 Å². The van der Waals surface area contributed by atoms with Gasteiger partial charge >= 0.3 is 0 Å². The maximum Gasteiger partial charge on any atom is 0.253 e. The monoisotopic (exact) mass is 270 g/mol. The molecule has 3 rings (SSSR count). The van der Waals surface area contributed by atoms with E-state index in [1.165, 1.54) is 25.7 Å². The van der Waals surface area contributed by atoms with Crippen LogP contribution < -0.4 is 5.32 Å². The zero-order valence-corrected chi connectivity index (χ0v) is 12.0. The topological polar surface area (TPSA) is 44.9 Å². The number of carbonyl (C=O) groups is 1. The minimum absolute atomic E-state index is 0.0526. The SMILES string of the molecule is CC1CCCCCC1NC(=O)c1cccc2cc[nH]c12. The third-order valence-electron chi connectivity index (χ3n) is 4.51. The van der Waals surface area contributed by atoms with Crippen LogP contribution in [0.5, 0.6) is 0 Å². The number of hydrogen-bond donors (Lipinski definition) is 2. The first-order valence-electron chi connectivity index (χ1n) is 7.62. The first-order valence-corrected chi connectivity index (χ1v) is 7.62. The van der Waals surface area contributed by atoms with Gasteiger partial charge in [0, 0.05) is 17.6 Å². The summed E-state index contributed by atoms with van der Waals surface area (Å²) in [6, 6.07) is 8.18. The van der Waals surface area contributed by atoms with Crippen molar-refractivity contribution in [1.29, 1.82) is 0 Å². The predicted molar refractivity (Wildman–Crippen MR) is 81.8 cm³/mol. The number of fused-ring (bicyclic) bond motifs is 1. The van der Waals surface area contributed by atoms with Crippen molar-refractivity contribution in [2.45, 2.75) is 45.1 Å². The van der Waals surface area contributed by atoms with Crippen molar-refractivity contribution in [1.82, 2.24) is 10.3 Å². The zero-order chi connectivity index (χ0) is 13.9. The molecule has 106 valence electrons. The third-order valence-corrected chi connectivity index (χ3v) is 4.51. The molecule has 20 heavy (non-hydrogen) atoms. The van der Waals surface area contributed by atoms with E-state index < -0.39 is 0 Å². The van der Waals surface area contributed by atoms with Crippen LogP contribution in [-0.2, 0) is 0 Å². The number of para-hydroxylation sites is 1. The second kappa shape index (κ2) is 5.70. The molecule has 1 aliphatic rings. The van der Waals surface area contributed by atoms with Gasteiger partial charge in [0.2, 0.25) is 0 Å². The van der Waals surface area contributed by atoms with E-state index in [-0.39, 0.29) is 5.91 Å². The lowest BCUT2D eigenvalue weighted by Crippen LogP contribution is -2.38. The van der Waals surface area contributed by atoms with Crippen molar-refractivity contribution in [3.05, 3.63) is 36.0 Å². The first-order chi connectivity index (χ1) is 9.75. The van der Waals surface area contributed by atoms with E-state index in [4.69, 9.17) is 0 Å². The molecule has 1 aromatic heterocycles. The fraction of sp³-hybridized carbons (Fsp3) is 0.471. The summed E-state index contributed by atoms with van der Waals surface area (Å²) in [4.78, 5) is 15.7. The molecule has 2 N–H and O–H groups in total. The standard InChI is InChI=1S/C17H22N2O/c1-12-6-3-2-4-9-15(12)19-17(20)14-8-5-7-13-10-11-18-16(13)14/h5,7-8,10-12,15,18H,2-4,6,9H2,1H3,(H,19,20). The number of hydrogen-bond acceptors (Lipinski definition) is 1. The molecule has 1 fully saturated rings. The largest absolute Gasteiger partial charge is 0.361 e. The fourth-order valence-corrected chi connectivity index (χ4v) is 3.23. The number of nitrogens with one attached hydrogen (secondary N) is 2. The summed E-state index contributed by atoms with van der Waals surface area (Å²) in [5.74, 6) is 0.626. The van der Waals surface area contributed by atoms with Crippen LogP contribution in [0.1, 0.15) is 49.4 Å². The van der Waals surface area contributed by atoms with E-state index in [1.54, 1.807) is 0 Å². The summed E-state index contributed by atoms with van der Waals surface area (Å²) >= 11 is 0. The fourth-order valence-electron chi connectivity index (χ4n) is 3.23. The van der Waals surface area contributed by atoms with Crippen LogP contribution in [0.25, 0.3) is 10.9 Å². The molecular formula is C17H22N2O. The van der Waals surface area contributed by atoms with Gasteiger partial charge in [0.15, 0.2) is 0 Å². The Morgan fingerprint density at radius 2 is 2.05 bits per heavy atom. The van der Waals surface area contributed by atoms with Gasteiger partial charge in [-0.1, -0.05) is 38.3 Å². The highest BCUT2D eigenvalue weighted by Crippen LogP contribution is 2.24. The summed E-state index contributed by atoms with van der Waals surface area (Å²) in [5, 5.41) is 4.34. The van der Waals surface area contributed by atoms with E-state index in [9.17, 15) is 4.79 Å². The molecule has 1 amide bonds. The molecule has 1 aromatic carbocycles. The normalized spacial score (nSPS) is 23.4. The minimum atomic E-state index is 0.0526. The van der Waals surface area contributed by atoms with Gasteiger partial charge < -0.3 is 10.3 Å². The summed E-state index contributed by atoms with van der Waals surface area (Å²) in [6.45, 7) is 2.26. The van der Waals surface area contributed by atoms with Crippen molar-refractivity contribution in [3.63, 3.8) is 0 Å². The summed E-state index contributed by atoms with van der Waals surface area (Å²) in [6.07, 6.45) is 8.02. The van der Waals surface area contributed by atoms with Gasteiger partial charge in [0.05, 0.1) is 11.1 Å². The number of rotatable bonds is 2. The molecule has 0 saturated heterocycles. The smallest absolute Gasteiger partial charge is 0.253 e. The van der Waals surface area contributed by atoms with Gasteiger partial charge in [-0.2, -0.15) is 0 Å². The lowest BCUT2D eigenvalue weighted by Gasteiger charge is -2.23. The summed E-state index contributed by atoms with van der Waals surface area (Å²) in [7, 11) is 0. The van der Waals surface area contributed by atoms with Crippen LogP contribution in [-0.4, -0.2) is 16.9 Å². The molecule has 2 atom stereocenters. The van der Waals surface area contributed by atoms with Gasteiger partial charge in [0.25, 0.3) is 5.91 Å². The van der Waals surface area contributed by atoms with Crippen LogP contribution in [0, 0.1) is 5.92 Å². The number of aromatic amines is 1. The molecule has 2 unspecified atom stereocenters. The Balaban J connectivity index is 1.80. The van der Waals surface area contributed by atoms with Crippen LogP contribution >= 0.6 is 0 Å². The molecule has 0 radical (unpaired) electrons. The van der Waals surface area contributed by atoms with Gasteiger partial charge in [-0.05, 0) is 30.9 Å². The molecule has 1 saturated carbocycles. The van der Waals surface area contributed by atoms with Gasteiger partial charge in [-0.25, -0.2) is 0 Å². The predicted octanol–water partition coefficient (Wildman–Crippen LogP) is 3.87. The molecule has 0 bridgehead atoms. The molecule has 3 heteroatoms. The Morgan fingerprint density at radius 1 is 1.20 bits per heavy atom. The van der Waals surface area contributed by atoms with Gasteiger partial charge in [0.1, 0.15) is 0 Å². The number of amides is 1. The average Bonchev–Trinajstić information content (AvgIpc) is 2.84. The van der Waals surface area contributed by atoms with Crippen LogP contribution in [0.15, 0.2) is 30.5 Å². The molecule has 0 spiro atoms. The summed E-state index contributed by atoms with van der Waals surface area (Å²) in [5.41, 5.74) is 1.69. The van der Waals surface area contributed by atoms with Gasteiger partial charge in [-0.3, -0.25) is 4.79 Å². The van der Waals surface area contributed by atoms with E-state index in [1.807, 2.05) is 30.5 Å². The number of H-pyrrole nitrogens is 1. The van der Waals surface area contributed by atoms with Crippen molar-refractivity contribution >= 4 is 16.8 Å². The summed E-state index contributed by atoms with van der Waals surface area (Å²) < 4.78 is 0. The maximum atomic E-state index is 12.6. The Morgan fingerprint density at radius 3 is 2.95 bits per heavy atom. The highest BCUT2D eigenvalue weighted by molar-refractivity contribution is 6.05. The lowest BCUT2D eigenvalue weighted by atomic mass is 9.96. The average molecular weight is 270 g/mol. The molecular weight excluding hydrogens is 248 g/mol. The van der Waals surface area contributed by atoms with Crippen molar-refractivity contribution in [2.24, 2.45) is 5.92 Å². The van der Waals surface area contributed by atoms with E-state index in [2.05, 4.69) is 17.2 Å². The van der Waals surface area contributed by atoms with Gasteiger partial charge in [-0.15, -0.1) is 0 Å². The van der Waals surface area contributed by atoms with Crippen molar-refractivity contribution in [3.8, 4) is 0 Å². The van der Waals surface area contributed by atoms with Crippen molar-refractivity contribution < 1.29 is 4.79 Å². The van der Waals surface area contributed by atoms with E-state index >= 15 is 0 Å². The Bertz CT molecular complexity index is 602. The van der Waals surface area contributed by atoms with E-state index in [0.717, 1.165) is 22.9 Å². The Labute approximate surface area is 119 Å². The first kappa shape index (κ1) is 13.2. The minimum Gasteiger partial charge on any atom is -0.361 e. The van der Waals surface area contributed by atoms with Crippen LogP contribution in [0.4, 0.5) is 0 Å². The quantitative estimate of drug-likeness (QED) is 0.799. The third kappa shape index (κ3) is 2.58. The number of carbonyl (C=O) groups excluding carboxylic acids is 1. The molecule has 2 aromatic rings. The van der Waals surface area contributed by atoms with Crippen LogP contribution in [0.2, 0.25) is 0 Å². The highest BCUT2D eigenvalue weighted by atomic mass is 16.1. The zero-order valence-electron chi connectivity index (χ0n) is 12.0. The Kier molecular flexibility index (Phi) is 3.77. The number of benzene rings is 1. The lowest BCUT2D eigenvalue weighted by molar-refractivity contribution is 0.0923. The second-order valence-electron chi connectivity index (χ2n) is 5.94. The maximum absolute atomic E-state index is 12.6. The molecule has 0 aliphatic heterocycles. The highest BCUT2D eigenvalue weighted by Gasteiger charge is 2.22.